The number of hydrogen-bond acceptors (Lipinski definition) is 6. The van der Waals surface area contributed by atoms with E-state index in [2.05, 4.69) is 31.9 Å². The summed E-state index contributed by atoms with van der Waals surface area (Å²) < 4.78 is 3.66. The van der Waals surface area contributed by atoms with Gasteiger partial charge in [-0.1, -0.05) is 48.2 Å². The van der Waals surface area contributed by atoms with Crippen LogP contribution >= 0.6 is 11.8 Å². The van der Waals surface area contributed by atoms with Crippen LogP contribution in [0.1, 0.15) is 16.8 Å². The molecule has 0 radical (unpaired) electrons. The maximum absolute atomic E-state index is 12.5. The molecule has 0 fully saturated rings. The molecule has 32 heavy (non-hydrogen) atoms. The van der Waals surface area contributed by atoms with Gasteiger partial charge in [-0.05, 0) is 36.2 Å². The molecule has 4 aromatic heterocycles. The highest BCUT2D eigenvalue weighted by molar-refractivity contribution is 7.98. The number of aromatic nitrogens is 6. The average Bonchev–Trinajstić information content (AvgIpc) is 3.22. The molecule has 4 heterocycles. The van der Waals surface area contributed by atoms with Crippen LogP contribution in [0.15, 0.2) is 89.2 Å². The third-order valence-corrected chi connectivity index (χ3v) is 6.13. The van der Waals surface area contributed by atoms with Crippen LogP contribution in [-0.4, -0.2) is 29.1 Å². The molecule has 0 N–H and O–H groups in total. The lowest BCUT2D eigenvalue weighted by molar-refractivity contribution is 0.714. The number of fused-ring (bicyclic) bond motifs is 1. The second-order valence-electron chi connectivity index (χ2n) is 7.37. The third-order valence-electron chi connectivity index (χ3n) is 5.13. The Bertz CT molecular complexity index is 1430. The Morgan fingerprint density at radius 2 is 1.78 bits per heavy atom. The lowest BCUT2D eigenvalue weighted by Crippen LogP contribution is -2.15. The lowest BCUT2D eigenvalue weighted by Gasteiger charge is -2.11. The fourth-order valence-electron chi connectivity index (χ4n) is 3.54. The van der Waals surface area contributed by atoms with Crippen molar-refractivity contribution in [1.82, 2.24) is 29.1 Å². The van der Waals surface area contributed by atoms with Gasteiger partial charge in [-0.25, -0.2) is 4.98 Å². The number of rotatable bonds is 6. The van der Waals surface area contributed by atoms with Gasteiger partial charge in [0.1, 0.15) is 5.65 Å². The standard InChI is InChI=1S/C24H20N6OS/c1-17-6-5-13-29-21(31)14-20(26-22(17)29)16-32-24-28-27-23(19-9-11-25-12-10-19)30(24)15-18-7-3-2-4-8-18/h2-14H,15-16H2,1H3. The zero-order valence-electron chi connectivity index (χ0n) is 17.4. The summed E-state index contributed by atoms with van der Waals surface area (Å²) in [5.74, 6) is 1.30. The van der Waals surface area contributed by atoms with Crippen molar-refractivity contribution < 1.29 is 0 Å². The van der Waals surface area contributed by atoms with E-state index in [0.717, 1.165) is 27.7 Å². The van der Waals surface area contributed by atoms with Gasteiger partial charge >= 0.3 is 0 Å². The Labute approximate surface area is 188 Å². The molecule has 0 saturated heterocycles. The second kappa shape index (κ2) is 8.76. The fraction of sp³-hybridized carbons (Fsp3) is 0.125. The average molecular weight is 441 g/mol. The van der Waals surface area contributed by atoms with E-state index in [1.54, 1.807) is 29.1 Å². The van der Waals surface area contributed by atoms with E-state index in [-0.39, 0.29) is 5.56 Å². The normalized spacial score (nSPS) is 11.2. The van der Waals surface area contributed by atoms with Gasteiger partial charge in [-0.2, -0.15) is 0 Å². The van der Waals surface area contributed by atoms with Crippen LogP contribution in [-0.2, 0) is 12.3 Å². The Balaban J connectivity index is 1.49. The minimum absolute atomic E-state index is 0.0856. The molecule has 158 valence electrons. The van der Waals surface area contributed by atoms with Crippen molar-refractivity contribution in [1.29, 1.82) is 0 Å². The first-order valence-corrected chi connectivity index (χ1v) is 11.2. The first-order valence-electron chi connectivity index (χ1n) is 10.2. The Kier molecular flexibility index (Phi) is 5.51. The highest BCUT2D eigenvalue weighted by Crippen LogP contribution is 2.27. The number of thioether (sulfide) groups is 1. The molecule has 0 spiro atoms. The highest BCUT2D eigenvalue weighted by atomic mass is 32.2. The van der Waals surface area contributed by atoms with Crippen LogP contribution in [0.3, 0.4) is 0 Å². The van der Waals surface area contributed by atoms with Crippen LogP contribution in [0.4, 0.5) is 0 Å². The van der Waals surface area contributed by atoms with E-state index >= 15 is 0 Å². The lowest BCUT2D eigenvalue weighted by atomic mass is 10.2. The number of benzene rings is 1. The summed E-state index contributed by atoms with van der Waals surface area (Å²) in [6.45, 7) is 2.59. The van der Waals surface area contributed by atoms with Gasteiger partial charge in [-0.3, -0.25) is 18.7 Å². The van der Waals surface area contributed by atoms with Crippen molar-refractivity contribution in [3.05, 3.63) is 106 Å². The largest absolute Gasteiger partial charge is 0.298 e. The van der Waals surface area contributed by atoms with Gasteiger partial charge < -0.3 is 0 Å². The van der Waals surface area contributed by atoms with E-state index in [4.69, 9.17) is 4.98 Å². The zero-order valence-corrected chi connectivity index (χ0v) is 18.2. The molecule has 0 aliphatic carbocycles. The monoisotopic (exact) mass is 440 g/mol. The van der Waals surface area contributed by atoms with Gasteiger partial charge in [0.25, 0.3) is 5.56 Å². The van der Waals surface area contributed by atoms with E-state index < -0.39 is 0 Å². The molecule has 5 rings (SSSR count). The SMILES string of the molecule is Cc1cccn2c(=O)cc(CSc3nnc(-c4ccncc4)n3Cc3ccccc3)nc12. The summed E-state index contributed by atoms with van der Waals surface area (Å²) in [6.07, 6.45) is 5.24. The van der Waals surface area contributed by atoms with Gasteiger partial charge in [0.2, 0.25) is 0 Å². The van der Waals surface area contributed by atoms with Crippen LogP contribution in [0, 0.1) is 6.92 Å². The molecule has 5 aromatic rings. The minimum Gasteiger partial charge on any atom is -0.298 e. The van der Waals surface area contributed by atoms with Crippen molar-refractivity contribution in [2.45, 2.75) is 24.4 Å². The molecule has 7 nitrogen and oxygen atoms in total. The molecule has 0 saturated carbocycles. The van der Waals surface area contributed by atoms with Crippen molar-refractivity contribution in [3.8, 4) is 11.4 Å². The molecule has 0 aliphatic heterocycles. The summed E-state index contributed by atoms with van der Waals surface area (Å²) in [6, 6.07) is 19.5. The minimum atomic E-state index is -0.0856. The van der Waals surface area contributed by atoms with Gasteiger partial charge in [0, 0.05) is 36.0 Å². The Morgan fingerprint density at radius 1 is 0.969 bits per heavy atom. The number of hydrogen-bond donors (Lipinski definition) is 0. The molecule has 0 unspecified atom stereocenters. The fourth-order valence-corrected chi connectivity index (χ4v) is 4.37. The van der Waals surface area contributed by atoms with E-state index in [1.807, 2.05) is 49.4 Å². The molecule has 0 bridgehead atoms. The maximum Gasteiger partial charge on any atom is 0.258 e. The number of aryl methyl sites for hydroxylation is 1. The van der Waals surface area contributed by atoms with Crippen LogP contribution in [0.2, 0.25) is 0 Å². The predicted octanol–water partition coefficient (Wildman–Crippen LogP) is 4.00. The van der Waals surface area contributed by atoms with Gasteiger partial charge in [-0.15, -0.1) is 10.2 Å². The van der Waals surface area contributed by atoms with Crippen LogP contribution in [0.25, 0.3) is 17.0 Å². The molecule has 8 heteroatoms. The predicted molar refractivity (Wildman–Crippen MR) is 125 cm³/mol. The summed E-state index contributed by atoms with van der Waals surface area (Å²) >= 11 is 1.52. The van der Waals surface area contributed by atoms with Crippen LogP contribution in [0.5, 0.6) is 0 Å². The summed E-state index contributed by atoms with van der Waals surface area (Å²) in [5.41, 5.74) is 4.38. The first-order chi connectivity index (χ1) is 15.7. The topological polar surface area (TPSA) is 78.0 Å². The van der Waals surface area contributed by atoms with E-state index in [0.29, 0.717) is 23.6 Å². The van der Waals surface area contributed by atoms with Crippen molar-refractivity contribution >= 4 is 17.4 Å². The van der Waals surface area contributed by atoms with Crippen molar-refractivity contribution in [2.24, 2.45) is 0 Å². The molecular weight excluding hydrogens is 420 g/mol. The molecule has 1 aromatic carbocycles. The quantitative estimate of drug-likeness (QED) is 0.372. The van der Waals surface area contributed by atoms with E-state index in [1.165, 1.54) is 11.8 Å². The Morgan fingerprint density at radius 3 is 2.59 bits per heavy atom. The molecule has 0 amide bonds. The number of nitrogens with zero attached hydrogens (tertiary/aromatic N) is 6. The van der Waals surface area contributed by atoms with E-state index in [9.17, 15) is 4.79 Å². The number of pyridine rings is 2. The summed E-state index contributed by atoms with van der Waals surface area (Å²) in [4.78, 5) is 21.3. The summed E-state index contributed by atoms with van der Waals surface area (Å²) in [7, 11) is 0. The first kappa shape index (κ1) is 20.1. The smallest absolute Gasteiger partial charge is 0.258 e. The van der Waals surface area contributed by atoms with Gasteiger partial charge in [0.15, 0.2) is 11.0 Å². The molecule has 0 atom stereocenters. The van der Waals surface area contributed by atoms with Gasteiger partial charge in [0.05, 0.1) is 12.2 Å². The summed E-state index contributed by atoms with van der Waals surface area (Å²) in [5, 5.41) is 9.68. The maximum atomic E-state index is 12.5. The molecule has 0 aliphatic rings. The third kappa shape index (κ3) is 4.04. The highest BCUT2D eigenvalue weighted by Gasteiger charge is 2.16. The van der Waals surface area contributed by atoms with Crippen molar-refractivity contribution in [3.63, 3.8) is 0 Å². The Hall–Kier alpha value is -3.78. The second-order valence-corrected chi connectivity index (χ2v) is 8.32. The molecular formula is C24H20N6OS. The van der Waals surface area contributed by atoms with Crippen molar-refractivity contribution in [2.75, 3.05) is 0 Å². The zero-order chi connectivity index (χ0) is 21.9. The van der Waals surface area contributed by atoms with Crippen LogP contribution < -0.4 is 5.56 Å².